The molecule has 5 nitrogen and oxygen atoms in total. The van der Waals surface area contributed by atoms with Crippen LogP contribution in [0.25, 0.3) is 0 Å². The summed E-state index contributed by atoms with van der Waals surface area (Å²) in [6.07, 6.45) is 0.927. The SMILES string of the molecule is CCC(C)c1ccccc1NC(=O)C(=O)Nc1cc(C)ccc1O. The number of phenols is 1. The number of hydrogen-bond donors (Lipinski definition) is 3. The Morgan fingerprint density at radius 2 is 1.67 bits per heavy atom. The summed E-state index contributed by atoms with van der Waals surface area (Å²) in [5.41, 5.74) is 2.69. The third-order valence-corrected chi connectivity index (χ3v) is 3.96. The van der Waals surface area contributed by atoms with Crippen molar-refractivity contribution in [1.82, 2.24) is 0 Å². The molecule has 2 amide bonds. The molecule has 0 heterocycles. The van der Waals surface area contributed by atoms with Crippen molar-refractivity contribution in [2.45, 2.75) is 33.1 Å². The number of carbonyl (C=O) groups excluding carboxylic acids is 2. The minimum Gasteiger partial charge on any atom is -0.506 e. The molecule has 0 fully saturated rings. The molecule has 1 unspecified atom stereocenters. The van der Waals surface area contributed by atoms with E-state index in [1.807, 2.05) is 25.1 Å². The molecule has 0 aliphatic carbocycles. The van der Waals surface area contributed by atoms with Crippen LogP contribution in [0.2, 0.25) is 0 Å². The highest BCUT2D eigenvalue weighted by molar-refractivity contribution is 6.43. The number of aryl methyl sites for hydroxylation is 1. The van der Waals surface area contributed by atoms with Gasteiger partial charge in [0.2, 0.25) is 0 Å². The summed E-state index contributed by atoms with van der Waals surface area (Å²) in [4.78, 5) is 24.3. The molecule has 2 aromatic rings. The van der Waals surface area contributed by atoms with Gasteiger partial charge in [0.05, 0.1) is 5.69 Å². The van der Waals surface area contributed by atoms with Gasteiger partial charge in [-0.3, -0.25) is 9.59 Å². The third kappa shape index (κ3) is 4.13. The van der Waals surface area contributed by atoms with E-state index in [1.165, 1.54) is 6.07 Å². The highest BCUT2D eigenvalue weighted by atomic mass is 16.3. The van der Waals surface area contributed by atoms with Crippen LogP contribution in [0.5, 0.6) is 5.75 Å². The Labute approximate surface area is 141 Å². The van der Waals surface area contributed by atoms with Crippen molar-refractivity contribution in [2.24, 2.45) is 0 Å². The van der Waals surface area contributed by atoms with E-state index in [1.54, 1.807) is 18.2 Å². The number of benzene rings is 2. The molecule has 5 heteroatoms. The second-order valence-corrected chi connectivity index (χ2v) is 5.83. The second kappa shape index (κ2) is 7.64. The van der Waals surface area contributed by atoms with Crippen LogP contribution in [0, 0.1) is 6.92 Å². The van der Waals surface area contributed by atoms with Gasteiger partial charge in [-0.1, -0.05) is 38.1 Å². The molecule has 0 aliphatic rings. The molecule has 2 aromatic carbocycles. The Kier molecular flexibility index (Phi) is 5.58. The van der Waals surface area contributed by atoms with Gasteiger partial charge in [0.1, 0.15) is 5.75 Å². The van der Waals surface area contributed by atoms with Crippen LogP contribution in [-0.4, -0.2) is 16.9 Å². The highest BCUT2D eigenvalue weighted by Gasteiger charge is 2.18. The number of para-hydroxylation sites is 1. The normalized spacial score (nSPS) is 11.6. The summed E-state index contributed by atoms with van der Waals surface area (Å²) in [6.45, 7) is 5.96. The van der Waals surface area contributed by atoms with Crippen LogP contribution in [-0.2, 0) is 9.59 Å². The van der Waals surface area contributed by atoms with E-state index >= 15 is 0 Å². The molecule has 0 bridgehead atoms. The first kappa shape index (κ1) is 17.5. The number of rotatable bonds is 4. The van der Waals surface area contributed by atoms with E-state index in [0.29, 0.717) is 5.69 Å². The Morgan fingerprint density at radius 1 is 1.04 bits per heavy atom. The van der Waals surface area contributed by atoms with Crippen LogP contribution in [0.4, 0.5) is 11.4 Å². The fourth-order valence-corrected chi connectivity index (χ4v) is 2.37. The Hall–Kier alpha value is -2.82. The average Bonchev–Trinajstić information content (AvgIpc) is 2.57. The zero-order valence-electron chi connectivity index (χ0n) is 14.1. The van der Waals surface area contributed by atoms with Crippen LogP contribution in [0.3, 0.4) is 0 Å². The molecule has 0 aliphatic heterocycles. The first-order valence-electron chi connectivity index (χ1n) is 7.93. The molecule has 126 valence electrons. The predicted molar refractivity (Wildman–Crippen MR) is 95.3 cm³/mol. The minimum atomic E-state index is -0.824. The second-order valence-electron chi connectivity index (χ2n) is 5.83. The summed E-state index contributed by atoms with van der Waals surface area (Å²) in [6, 6.07) is 12.2. The fraction of sp³-hybridized carbons (Fsp3) is 0.263. The Bertz CT molecular complexity index is 756. The van der Waals surface area contributed by atoms with Gasteiger partial charge < -0.3 is 15.7 Å². The van der Waals surface area contributed by atoms with Crippen LogP contribution in [0.15, 0.2) is 42.5 Å². The van der Waals surface area contributed by atoms with Gasteiger partial charge in [-0.15, -0.1) is 0 Å². The number of anilines is 2. The minimum absolute atomic E-state index is 0.0817. The van der Waals surface area contributed by atoms with E-state index in [2.05, 4.69) is 24.5 Å². The van der Waals surface area contributed by atoms with E-state index in [-0.39, 0.29) is 17.4 Å². The van der Waals surface area contributed by atoms with E-state index in [9.17, 15) is 14.7 Å². The van der Waals surface area contributed by atoms with E-state index in [4.69, 9.17) is 0 Å². The summed E-state index contributed by atoms with van der Waals surface area (Å²) >= 11 is 0. The van der Waals surface area contributed by atoms with Gasteiger partial charge in [-0.2, -0.15) is 0 Å². The van der Waals surface area contributed by atoms with Gasteiger partial charge >= 0.3 is 11.8 Å². The predicted octanol–water partition coefficient (Wildman–Crippen LogP) is 3.79. The number of nitrogens with one attached hydrogen (secondary N) is 2. The first-order chi connectivity index (χ1) is 11.4. The lowest BCUT2D eigenvalue weighted by molar-refractivity contribution is -0.133. The zero-order chi connectivity index (χ0) is 17.7. The van der Waals surface area contributed by atoms with Crippen LogP contribution < -0.4 is 10.6 Å². The first-order valence-corrected chi connectivity index (χ1v) is 7.93. The molecular formula is C19H22N2O3. The number of hydrogen-bond acceptors (Lipinski definition) is 3. The van der Waals surface area contributed by atoms with Gasteiger partial charge in [-0.25, -0.2) is 0 Å². The Balaban J connectivity index is 2.13. The quantitative estimate of drug-likeness (QED) is 0.591. The van der Waals surface area contributed by atoms with Crippen molar-refractivity contribution >= 4 is 23.2 Å². The number of phenolic OH excluding ortho intramolecular Hbond substituents is 1. The van der Waals surface area contributed by atoms with E-state index in [0.717, 1.165) is 17.5 Å². The largest absolute Gasteiger partial charge is 0.506 e. The van der Waals surface area contributed by atoms with Crippen molar-refractivity contribution in [2.75, 3.05) is 10.6 Å². The molecule has 0 radical (unpaired) electrons. The van der Waals surface area contributed by atoms with Crippen LogP contribution >= 0.6 is 0 Å². The maximum atomic E-state index is 12.2. The maximum absolute atomic E-state index is 12.2. The van der Waals surface area contributed by atoms with Crippen molar-refractivity contribution < 1.29 is 14.7 Å². The lowest BCUT2D eigenvalue weighted by atomic mass is 9.97. The summed E-state index contributed by atoms with van der Waals surface area (Å²) in [5, 5.41) is 14.8. The maximum Gasteiger partial charge on any atom is 0.314 e. The molecule has 2 rings (SSSR count). The highest BCUT2D eigenvalue weighted by Crippen LogP contribution is 2.27. The van der Waals surface area contributed by atoms with Crippen molar-refractivity contribution in [1.29, 1.82) is 0 Å². The summed E-state index contributed by atoms with van der Waals surface area (Å²) in [7, 11) is 0. The van der Waals surface area contributed by atoms with Gasteiger partial charge in [0.25, 0.3) is 0 Å². The smallest absolute Gasteiger partial charge is 0.314 e. The molecule has 24 heavy (non-hydrogen) atoms. The van der Waals surface area contributed by atoms with Gasteiger partial charge in [0.15, 0.2) is 0 Å². The molecule has 0 aromatic heterocycles. The van der Waals surface area contributed by atoms with Crippen molar-refractivity contribution in [3.05, 3.63) is 53.6 Å². The molecule has 1 atom stereocenters. The lowest BCUT2D eigenvalue weighted by Gasteiger charge is -2.15. The zero-order valence-corrected chi connectivity index (χ0v) is 14.1. The van der Waals surface area contributed by atoms with Crippen molar-refractivity contribution in [3.63, 3.8) is 0 Å². The lowest BCUT2D eigenvalue weighted by Crippen LogP contribution is -2.29. The topological polar surface area (TPSA) is 78.4 Å². The molecule has 3 N–H and O–H groups in total. The molecule has 0 saturated carbocycles. The number of aromatic hydroxyl groups is 1. The molecule has 0 spiro atoms. The monoisotopic (exact) mass is 326 g/mol. The standard InChI is InChI=1S/C19H22N2O3/c1-4-13(3)14-7-5-6-8-15(14)20-18(23)19(24)21-16-11-12(2)9-10-17(16)22/h5-11,13,22H,4H2,1-3H3,(H,20,23)(H,21,24). The van der Waals surface area contributed by atoms with Crippen LogP contribution in [0.1, 0.15) is 37.3 Å². The number of amides is 2. The summed E-state index contributed by atoms with van der Waals surface area (Å²) in [5.74, 6) is -1.41. The molecular weight excluding hydrogens is 304 g/mol. The van der Waals surface area contributed by atoms with Crippen molar-refractivity contribution in [3.8, 4) is 5.75 Å². The summed E-state index contributed by atoms with van der Waals surface area (Å²) < 4.78 is 0. The fourth-order valence-electron chi connectivity index (χ4n) is 2.37. The third-order valence-electron chi connectivity index (χ3n) is 3.96. The molecule has 0 saturated heterocycles. The average molecular weight is 326 g/mol. The Morgan fingerprint density at radius 3 is 2.33 bits per heavy atom. The van der Waals surface area contributed by atoms with Gasteiger partial charge in [0, 0.05) is 5.69 Å². The van der Waals surface area contributed by atoms with E-state index < -0.39 is 11.8 Å². The number of carbonyl (C=O) groups is 2. The van der Waals surface area contributed by atoms with Gasteiger partial charge in [-0.05, 0) is 48.6 Å².